The average molecular weight is 291 g/mol. The summed E-state index contributed by atoms with van der Waals surface area (Å²) in [5.41, 5.74) is 5.35. The van der Waals surface area contributed by atoms with E-state index in [9.17, 15) is 12.8 Å². The van der Waals surface area contributed by atoms with Crippen molar-refractivity contribution in [1.29, 1.82) is 5.26 Å². The molecule has 0 aromatic heterocycles. The van der Waals surface area contributed by atoms with Gasteiger partial charge in [-0.2, -0.15) is 5.26 Å². The van der Waals surface area contributed by atoms with E-state index in [-0.39, 0.29) is 21.8 Å². The van der Waals surface area contributed by atoms with E-state index in [1.165, 1.54) is 30.3 Å². The number of sulfonamides is 1. The van der Waals surface area contributed by atoms with Crippen LogP contribution in [0.25, 0.3) is 0 Å². The lowest BCUT2D eigenvalue weighted by Gasteiger charge is -2.10. The molecule has 7 heteroatoms. The Labute approximate surface area is 115 Å². The number of nitrogens with two attached hydrogens (primary N) is 1. The van der Waals surface area contributed by atoms with Gasteiger partial charge < -0.3 is 5.73 Å². The Balaban J connectivity index is 2.41. The van der Waals surface area contributed by atoms with Crippen molar-refractivity contribution in [2.45, 2.75) is 4.90 Å². The SMILES string of the molecule is N#Cc1ccccc1S(=O)(=O)Nc1ccc(F)c(N)c1. The monoisotopic (exact) mass is 291 g/mol. The first-order chi connectivity index (χ1) is 9.44. The molecule has 5 nitrogen and oxygen atoms in total. The van der Waals surface area contributed by atoms with Crippen LogP contribution < -0.4 is 10.5 Å². The molecular weight excluding hydrogens is 281 g/mol. The maximum atomic E-state index is 13.0. The van der Waals surface area contributed by atoms with Gasteiger partial charge in [-0.05, 0) is 30.3 Å². The average Bonchev–Trinajstić information content (AvgIpc) is 2.42. The first-order valence-corrected chi connectivity index (χ1v) is 6.99. The lowest BCUT2D eigenvalue weighted by molar-refractivity contribution is 0.601. The van der Waals surface area contributed by atoms with E-state index >= 15 is 0 Å². The predicted molar refractivity (Wildman–Crippen MR) is 72.8 cm³/mol. The van der Waals surface area contributed by atoms with E-state index in [0.717, 1.165) is 6.07 Å². The van der Waals surface area contributed by atoms with Gasteiger partial charge in [-0.25, -0.2) is 12.8 Å². The number of anilines is 2. The number of rotatable bonds is 3. The summed E-state index contributed by atoms with van der Waals surface area (Å²) in [5, 5.41) is 8.92. The summed E-state index contributed by atoms with van der Waals surface area (Å²) >= 11 is 0. The number of hydrogen-bond donors (Lipinski definition) is 2. The lowest BCUT2D eigenvalue weighted by Crippen LogP contribution is -2.14. The van der Waals surface area contributed by atoms with Crippen LogP contribution in [0.3, 0.4) is 0 Å². The molecule has 0 heterocycles. The number of nitrogens with zero attached hydrogens (tertiary/aromatic N) is 1. The summed E-state index contributed by atoms with van der Waals surface area (Å²) in [5.74, 6) is -0.634. The van der Waals surface area contributed by atoms with Crippen molar-refractivity contribution in [3.63, 3.8) is 0 Å². The minimum atomic E-state index is -3.94. The van der Waals surface area contributed by atoms with Crippen LogP contribution >= 0.6 is 0 Å². The van der Waals surface area contributed by atoms with Gasteiger partial charge in [0.25, 0.3) is 10.0 Å². The summed E-state index contributed by atoms with van der Waals surface area (Å²) in [7, 11) is -3.94. The molecule has 3 N–H and O–H groups in total. The van der Waals surface area contributed by atoms with E-state index in [4.69, 9.17) is 11.0 Å². The van der Waals surface area contributed by atoms with E-state index in [0.29, 0.717) is 0 Å². The van der Waals surface area contributed by atoms with Crippen LogP contribution in [-0.4, -0.2) is 8.42 Å². The van der Waals surface area contributed by atoms with Crippen molar-refractivity contribution >= 4 is 21.4 Å². The Morgan fingerprint density at radius 1 is 1.20 bits per heavy atom. The summed E-state index contributed by atoms with van der Waals surface area (Å²) < 4.78 is 39.6. The van der Waals surface area contributed by atoms with Crippen molar-refractivity contribution in [1.82, 2.24) is 0 Å². The molecule has 0 fully saturated rings. The molecule has 0 aliphatic heterocycles. The van der Waals surface area contributed by atoms with Crippen LogP contribution in [-0.2, 0) is 10.0 Å². The number of nitrogens with one attached hydrogen (secondary N) is 1. The second-order valence-corrected chi connectivity index (χ2v) is 5.60. The normalized spacial score (nSPS) is 10.8. The molecule has 2 rings (SSSR count). The molecular formula is C13H10FN3O2S. The largest absolute Gasteiger partial charge is 0.396 e. The second kappa shape index (κ2) is 5.19. The van der Waals surface area contributed by atoms with Gasteiger partial charge in [0.2, 0.25) is 0 Å². The molecule has 0 amide bonds. The number of nitriles is 1. The molecule has 0 spiro atoms. The fraction of sp³-hybridized carbons (Fsp3) is 0. The Morgan fingerprint density at radius 3 is 2.55 bits per heavy atom. The highest BCUT2D eigenvalue weighted by atomic mass is 32.2. The Kier molecular flexibility index (Phi) is 3.59. The number of hydrogen-bond acceptors (Lipinski definition) is 4. The van der Waals surface area contributed by atoms with Crippen LogP contribution in [0.1, 0.15) is 5.56 Å². The van der Waals surface area contributed by atoms with Gasteiger partial charge in [0.1, 0.15) is 16.8 Å². The van der Waals surface area contributed by atoms with Gasteiger partial charge in [0, 0.05) is 0 Å². The highest BCUT2D eigenvalue weighted by Gasteiger charge is 2.18. The van der Waals surface area contributed by atoms with Crippen molar-refractivity contribution in [3.05, 3.63) is 53.8 Å². The van der Waals surface area contributed by atoms with E-state index in [1.807, 2.05) is 0 Å². The molecule has 102 valence electrons. The van der Waals surface area contributed by atoms with E-state index in [1.54, 1.807) is 12.1 Å². The zero-order valence-corrected chi connectivity index (χ0v) is 11.0. The van der Waals surface area contributed by atoms with Crippen molar-refractivity contribution in [2.24, 2.45) is 0 Å². The van der Waals surface area contributed by atoms with E-state index < -0.39 is 15.8 Å². The van der Waals surface area contributed by atoms with Crippen molar-refractivity contribution in [2.75, 3.05) is 10.5 Å². The van der Waals surface area contributed by atoms with Crippen LogP contribution in [0.4, 0.5) is 15.8 Å². The quantitative estimate of drug-likeness (QED) is 0.846. The zero-order chi connectivity index (χ0) is 14.8. The first-order valence-electron chi connectivity index (χ1n) is 5.51. The molecule has 0 radical (unpaired) electrons. The Bertz CT molecular complexity index is 798. The topological polar surface area (TPSA) is 96.0 Å². The number of benzene rings is 2. The van der Waals surface area contributed by atoms with Crippen molar-refractivity contribution < 1.29 is 12.8 Å². The summed E-state index contributed by atoms with van der Waals surface area (Å²) in [6.07, 6.45) is 0. The smallest absolute Gasteiger partial charge is 0.263 e. The number of nitrogen functional groups attached to an aromatic ring is 1. The molecule has 0 aliphatic carbocycles. The molecule has 20 heavy (non-hydrogen) atoms. The summed E-state index contributed by atoms with van der Waals surface area (Å²) in [4.78, 5) is -0.148. The molecule has 0 saturated heterocycles. The van der Waals surface area contributed by atoms with Gasteiger partial charge in [0.15, 0.2) is 0 Å². The Hall–Kier alpha value is -2.59. The molecule has 0 saturated carbocycles. The molecule has 0 atom stereocenters. The minimum Gasteiger partial charge on any atom is -0.396 e. The van der Waals surface area contributed by atoms with Gasteiger partial charge >= 0.3 is 0 Å². The third-order valence-corrected chi connectivity index (χ3v) is 3.98. The molecule has 2 aromatic rings. The molecule has 0 aliphatic rings. The summed E-state index contributed by atoms with van der Waals surface area (Å²) in [6.45, 7) is 0. The fourth-order valence-electron chi connectivity index (χ4n) is 1.61. The van der Waals surface area contributed by atoms with Crippen LogP contribution in [0.15, 0.2) is 47.4 Å². The third-order valence-electron chi connectivity index (χ3n) is 2.55. The lowest BCUT2D eigenvalue weighted by atomic mass is 10.2. The minimum absolute atomic E-state index is 0.0232. The van der Waals surface area contributed by atoms with Gasteiger partial charge in [-0.1, -0.05) is 12.1 Å². The number of halogens is 1. The first kappa shape index (κ1) is 13.8. The maximum Gasteiger partial charge on any atom is 0.263 e. The summed E-state index contributed by atoms with van der Waals surface area (Å²) in [6, 6.07) is 11.1. The highest BCUT2D eigenvalue weighted by Crippen LogP contribution is 2.21. The van der Waals surface area contributed by atoms with Crippen LogP contribution in [0, 0.1) is 17.1 Å². The van der Waals surface area contributed by atoms with Gasteiger partial charge in [-0.3, -0.25) is 4.72 Å². The maximum absolute atomic E-state index is 13.0. The second-order valence-electron chi connectivity index (χ2n) is 3.95. The van der Waals surface area contributed by atoms with Crippen LogP contribution in [0.5, 0.6) is 0 Å². The van der Waals surface area contributed by atoms with Gasteiger partial charge in [0.05, 0.1) is 16.9 Å². The Morgan fingerprint density at radius 2 is 1.90 bits per heavy atom. The third kappa shape index (κ3) is 2.70. The molecule has 2 aromatic carbocycles. The fourth-order valence-corrected chi connectivity index (χ4v) is 2.82. The zero-order valence-electron chi connectivity index (χ0n) is 10.2. The van der Waals surface area contributed by atoms with Crippen molar-refractivity contribution in [3.8, 4) is 6.07 Å². The standard InChI is InChI=1S/C13H10FN3O2S/c14-11-6-5-10(7-12(11)16)17-20(18,19)13-4-2-1-3-9(13)8-15/h1-7,17H,16H2. The van der Waals surface area contributed by atoms with Gasteiger partial charge in [-0.15, -0.1) is 0 Å². The highest BCUT2D eigenvalue weighted by molar-refractivity contribution is 7.92. The van der Waals surface area contributed by atoms with E-state index in [2.05, 4.69) is 4.72 Å². The molecule has 0 unspecified atom stereocenters. The predicted octanol–water partition coefficient (Wildman–Crippen LogP) is 2.08. The molecule has 0 bridgehead atoms. The van der Waals surface area contributed by atoms with Crippen LogP contribution in [0.2, 0.25) is 0 Å².